The van der Waals surface area contributed by atoms with Gasteiger partial charge in [-0.25, -0.2) is 8.42 Å². The van der Waals surface area contributed by atoms with Gasteiger partial charge in [0.2, 0.25) is 0 Å². The predicted octanol–water partition coefficient (Wildman–Crippen LogP) is 3.43. The number of anilines is 1. The smallest absolute Gasteiger partial charge is 0.264 e. The van der Waals surface area contributed by atoms with Gasteiger partial charge in [-0.2, -0.15) is 0 Å². The molecule has 0 saturated carbocycles. The van der Waals surface area contributed by atoms with Crippen molar-refractivity contribution in [3.63, 3.8) is 0 Å². The molecule has 1 fully saturated rings. The number of hydrogen-bond acceptors (Lipinski definition) is 4. The number of sulfonamides is 1. The minimum absolute atomic E-state index is 0.154. The Morgan fingerprint density at radius 2 is 1.71 bits per heavy atom. The molecule has 1 amide bonds. The maximum absolute atomic E-state index is 13.2. The first-order valence-corrected chi connectivity index (χ1v) is 12.7. The van der Waals surface area contributed by atoms with Crippen LogP contribution in [-0.4, -0.2) is 51.9 Å². The highest BCUT2D eigenvalue weighted by Crippen LogP contribution is 2.32. The largest absolute Gasteiger partial charge is 0.352 e. The van der Waals surface area contributed by atoms with Crippen molar-refractivity contribution in [3.05, 3.63) is 59.7 Å². The van der Waals surface area contributed by atoms with E-state index in [0.29, 0.717) is 25.1 Å². The summed E-state index contributed by atoms with van der Waals surface area (Å²) < 4.78 is 27.9. The Balaban J connectivity index is 1.37. The minimum atomic E-state index is -3.70. The fourth-order valence-corrected chi connectivity index (χ4v) is 6.00. The summed E-state index contributed by atoms with van der Waals surface area (Å²) in [4.78, 5) is 15.2. The van der Waals surface area contributed by atoms with Gasteiger partial charge in [-0.15, -0.1) is 0 Å². The summed E-state index contributed by atoms with van der Waals surface area (Å²) in [6, 6.07) is 13.9. The number of fused-ring (bicyclic) bond motifs is 1. The lowest BCUT2D eigenvalue weighted by Gasteiger charge is -2.20. The Bertz CT molecular complexity index is 1010. The van der Waals surface area contributed by atoms with E-state index in [1.807, 2.05) is 24.3 Å². The van der Waals surface area contributed by atoms with Crippen LogP contribution in [0.3, 0.4) is 0 Å². The first-order valence-electron chi connectivity index (χ1n) is 11.3. The third-order valence-corrected chi connectivity index (χ3v) is 7.97. The van der Waals surface area contributed by atoms with Gasteiger partial charge in [0.25, 0.3) is 15.9 Å². The Morgan fingerprint density at radius 1 is 0.935 bits per heavy atom. The van der Waals surface area contributed by atoms with E-state index in [9.17, 15) is 13.2 Å². The van der Waals surface area contributed by atoms with Crippen LogP contribution in [0.5, 0.6) is 0 Å². The van der Waals surface area contributed by atoms with Crippen molar-refractivity contribution in [2.24, 2.45) is 0 Å². The molecular formula is C24H31N3O3S. The van der Waals surface area contributed by atoms with Crippen molar-refractivity contribution in [3.8, 4) is 0 Å². The summed E-state index contributed by atoms with van der Waals surface area (Å²) in [5.41, 5.74) is 2.14. The normalized spacial score (nSPS) is 17.2. The number of amides is 1. The standard InChI is InChI=1S/C24H31N3O3S/c28-24(25-14-8-17-26-15-5-1-2-6-16-26)21-10-7-11-22(19-21)31(29,30)27-18-13-20-9-3-4-12-23(20)27/h3-4,7,9-12,19H,1-2,5-6,8,13-18H2,(H,25,28). The molecule has 0 spiro atoms. The van der Waals surface area contributed by atoms with Crippen LogP contribution in [0.25, 0.3) is 0 Å². The van der Waals surface area contributed by atoms with Gasteiger partial charge in [0.05, 0.1) is 10.6 Å². The summed E-state index contributed by atoms with van der Waals surface area (Å²) in [5.74, 6) is -0.227. The van der Waals surface area contributed by atoms with Gasteiger partial charge in [0.1, 0.15) is 0 Å². The number of rotatable bonds is 7. The average Bonchev–Trinajstić information content (AvgIpc) is 3.06. The molecule has 166 valence electrons. The van der Waals surface area contributed by atoms with Gasteiger partial charge in [-0.05, 0) is 75.1 Å². The second kappa shape index (κ2) is 9.83. The molecule has 2 heterocycles. The van der Waals surface area contributed by atoms with Crippen molar-refractivity contribution in [2.75, 3.05) is 37.0 Å². The van der Waals surface area contributed by atoms with Gasteiger partial charge in [-0.3, -0.25) is 9.10 Å². The first kappa shape index (κ1) is 21.8. The zero-order valence-electron chi connectivity index (χ0n) is 17.9. The van der Waals surface area contributed by atoms with Crippen molar-refractivity contribution in [2.45, 2.75) is 43.4 Å². The quantitative estimate of drug-likeness (QED) is 0.669. The van der Waals surface area contributed by atoms with Crippen molar-refractivity contribution >= 4 is 21.6 Å². The highest BCUT2D eigenvalue weighted by molar-refractivity contribution is 7.92. The molecule has 7 heteroatoms. The van der Waals surface area contributed by atoms with Crippen LogP contribution >= 0.6 is 0 Å². The Hall–Kier alpha value is -2.38. The lowest BCUT2D eigenvalue weighted by molar-refractivity contribution is 0.0951. The fraction of sp³-hybridized carbons (Fsp3) is 0.458. The summed E-state index contributed by atoms with van der Waals surface area (Å²) in [6.07, 6.45) is 6.75. The number of carbonyl (C=O) groups is 1. The lowest BCUT2D eigenvalue weighted by Crippen LogP contribution is -2.31. The number of nitrogens with zero attached hydrogens (tertiary/aromatic N) is 2. The van der Waals surface area contributed by atoms with Crippen LogP contribution in [0, 0.1) is 0 Å². The monoisotopic (exact) mass is 441 g/mol. The van der Waals surface area contributed by atoms with Crippen LogP contribution in [-0.2, 0) is 16.4 Å². The van der Waals surface area contributed by atoms with Gasteiger partial charge >= 0.3 is 0 Å². The molecule has 1 saturated heterocycles. The molecule has 0 radical (unpaired) electrons. The molecule has 4 rings (SSSR count). The molecule has 2 aliphatic rings. The van der Waals surface area contributed by atoms with E-state index in [4.69, 9.17) is 0 Å². The number of likely N-dealkylation sites (tertiary alicyclic amines) is 1. The molecule has 0 aromatic heterocycles. The van der Waals surface area contributed by atoms with E-state index in [0.717, 1.165) is 37.3 Å². The second-order valence-electron chi connectivity index (χ2n) is 8.35. The number of benzene rings is 2. The molecule has 6 nitrogen and oxygen atoms in total. The van der Waals surface area contributed by atoms with Crippen molar-refractivity contribution in [1.82, 2.24) is 10.2 Å². The second-order valence-corrected chi connectivity index (χ2v) is 10.2. The molecule has 2 aromatic carbocycles. The molecule has 0 bridgehead atoms. The van der Waals surface area contributed by atoms with Crippen molar-refractivity contribution in [1.29, 1.82) is 0 Å². The number of para-hydroxylation sites is 1. The summed E-state index contributed by atoms with van der Waals surface area (Å²) in [6.45, 7) is 4.30. The van der Waals surface area contributed by atoms with Crippen LogP contribution in [0.2, 0.25) is 0 Å². The van der Waals surface area contributed by atoms with Crippen LogP contribution < -0.4 is 9.62 Å². The van der Waals surface area contributed by atoms with E-state index >= 15 is 0 Å². The molecule has 2 aliphatic heterocycles. The first-order chi connectivity index (χ1) is 15.1. The molecule has 0 atom stereocenters. The van der Waals surface area contributed by atoms with Crippen LogP contribution in [0.1, 0.15) is 48.0 Å². The SMILES string of the molecule is O=C(NCCCN1CCCCCC1)c1cccc(S(=O)(=O)N2CCc3ccccc32)c1. The van der Waals surface area contributed by atoms with Crippen LogP contribution in [0.15, 0.2) is 53.4 Å². The molecular weight excluding hydrogens is 410 g/mol. The van der Waals surface area contributed by atoms with E-state index in [2.05, 4.69) is 10.2 Å². The molecule has 31 heavy (non-hydrogen) atoms. The zero-order chi connectivity index (χ0) is 21.7. The van der Waals surface area contributed by atoms with E-state index in [1.54, 1.807) is 18.2 Å². The highest BCUT2D eigenvalue weighted by Gasteiger charge is 2.30. The molecule has 2 aromatic rings. The van der Waals surface area contributed by atoms with E-state index < -0.39 is 10.0 Å². The lowest BCUT2D eigenvalue weighted by atomic mass is 10.2. The predicted molar refractivity (Wildman–Crippen MR) is 123 cm³/mol. The maximum Gasteiger partial charge on any atom is 0.264 e. The Kier molecular flexibility index (Phi) is 6.92. The fourth-order valence-electron chi connectivity index (χ4n) is 4.45. The zero-order valence-corrected chi connectivity index (χ0v) is 18.7. The average molecular weight is 442 g/mol. The van der Waals surface area contributed by atoms with Crippen molar-refractivity contribution < 1.29 is 13.2 Å². The number of hydrogen-bond donors (Lipinski definition) is 1. The molecule has 1 N–H and O–H groups in total. The Morgan fingerprint density at radius 3 is 2.52 bits per heavy atom. The Labute approximate surface area is 185 Å². The van der Waals surface area contributed by atoms with E-state index in [-0.39, 0.29) is 10.8 Å². The molecule has 0 unspecified atom stereocenters. The summed E-state index contributed by atoms with van der Waals surface area (Å²) in [5, 5.41) is 2.94. The van der Waals surface area contributed by atoms with Gasteiger partial charge in [0, 0.05) is 18.7 Å². The molecule has 0 aliphatic carbocycles. The topological polar surface area (TPSA) is 69.7 Å². The highest BCUT2D eigenvalue weighted by atomic mass is 32.2. The summed E-state index contributed by atoms with van der Waals surface area (Å²) in [7, 11) is -3.70. The third-order valence-electron chi connectivity index (χ3n) is 6.16. The van der Waals surface area contributed by atoms with Gasteiger partial charge < -0.3 is 10.2 Å². The maximum atomic E-state index is 13.2. The summed E-state index contributed by atoms with van der Waals surface area (Å²) >= 11 is 0. The van der Waals surface area contributed by atoms with Gasteiger partial charge in [0.15, 0.2) is 0 Å². The third kappa shape index (κ3) is 5.10. The van der Waals surface area contributed by atoms with Crippen LogP contribution in [0.4, 0.5) is 5.69 Å². The number of carbonyl (C=O) groups excluding carboxylic acids is 1. The van der Waals surface area contributed by atoms with E-state index in [1.165, 1.54) is 36.1 Å². The van der Waals surface area contributed by atoms with Gasteiger partial charge in [-0.1, -0.05) is 37.1 Å². The number of nitrogens with one attached hydrogen (secondary N) is 1. The minimum Gasteiger partial charge on any atom is -0.352 e.